The number of pyridine rings is 1. The second kappa shape index (κ2) is 4.99. The largest absolute Gasteiger partial charge is 0.256 e. The third-order valence-corrected chi connectivity index (χ3v) is 2.43. The fraction of sp³-hybridized carbons (Fsp3) is 0.0714. The van der Waals surface area contributed by atoms with Crippen LogP contribution in [-0.2, 0) is 0 Å². The molecule has 0 saturated carbocycles. The van der Waals surface area contributed by atoms with Gasteiger partial charge in [-0.3, -0.25) is 4.98 Å². The van der Waals surface area contributed by atoms with Gasteiger partial charge in [0.05, 0.1) is 5.52 Å². The van der Waals surface area contributed by atoms with Gasteiger partial charge in [0.15, 0.2) is 0 Å². The van der Waals surface area contributed by atoms with Crippen LogP contribution in [0.2, 0.25) is 0 Å². The van der Waals surface area contributed by atoms with E-state index < -0.39 is 0 Å². The molecule has 80 valence electrons. The number of fused-ring (bicyclic) bond motifs is 1. The maximum atomic E-state index is 4.39. The highest BCUT2D eigenvalue weighted by Crippen LogP contribution is 2.17. The zero-order valence-electron chi connectivity index (χ0n) is 9.09. The maximum Gasteiger partial charge on any atom is 0.0774 e. The minimum absolute atomic E-state index is 0.990. The number of rotatable bonds is 2. The average molecular weight is 227 g/mol. The number of nitrogens with zero attached hydrogens (tertiary/aromatic N) is 1. The van der Waals surface area contributed by atoms with Crippen LogP contribution in [0, 0.1) is 0 Å². The highest BCUT2D eigenvalue weighted by molar-refractivity contribution is 7.84. The van der Waals surface area contributed by atoms with Crippen LogP contribution < -0.4 is 0 Å². The van der Waals surface area contributed by atoms with Crippen molar-refractivity contribution in [1.29, 1.82) is 0 Å². The first-order valence-corrected chi connectivity index (χ1v) is 5.60. The van der Waals surface area contributed by atoms with Crippen molar-refractivity contribution in [2.75, 3.05) is 0 Å². The summed E-state index contributed by atoms with van der Waals surface area (Å²) < 4.78 is 0. The van der Waals surface area contributed by atoms with Gasteiger partial charge < -0.3 is 0 Å². The standard InChI is InChI=1S/C14H13NS/c1-11(16)5-2-6-12-7-3-8-13-9-4-10-15-14(12)13/h2-10,16H,1H3/b6-2+,11-5-. The summed E-state index contributed by atoms with van der Waals surface area (Å²) in [6, 6.07) is 10.2. The molecular weight excluding hydrogens is 214 g/mol. The van der Waals surface area contributed by atoms with Crippen LogP contribution in [0.5, 0.6) is 0 Å². The lowest BCUT2D eigenvalue weighted by atomic mass is 10.1. The molecule has 1 heterocycles. The molecule has 0 spiro atoms. The molecule has 0 radical (unpaired) electrons. The molecule has 1 nitrogen and oxygen atoms in total. The van der Waals surface area contributed by atoms with Gasteiger partial charge in [-0.25, -0.2) is 0 Å². The van der Waals surface area contributed by atoms with E-state index in [4.69, 9.17) is 0 Å². The van der Waals surface area contributed by atoms with Crippen LogP contribution in [0.1, 0.15) is 12.5 Å². The number of thiol groups is 1. The lowest BCUT2D eigenvalue weighted by molar-refractivity contribution is 1.41. The van der Waals surface area contributed by atoms with E-state index in [-0.39, 0.29) is 0 Å². The fourth-order valence-electron chi connectivity index (χ4n) is 1.55. The third kappa shape index (κ3) is 2.52. The normalized spacial score (nSPS) is 12.5. The smallest absolute Gasteiger partial charge is 0.0774 e. The molecule has 16 heavy (non-hydrogen) atoms. The Labute approximate surface area is 101 Å². The minimum atomic E-state index is 0.990. The van der Waals surface area contributed by atoms with Gasteiger partial charge in [-0.2, -0.15) is 0 Å². The second-order valence-electron chi connectivity index (χ2n) is 3.59. The molecule has 1 aromatic carbocycles. The molecule has 2 aromatic rings. The van der Waals surface area contributed by atoms with Crippen LogP contribution >= 0.6 is 12.6 Å². The van der Waals surface area contributed by atoms with Gasteiger partial charge in [0, 0.05) is 17.1 Å². The van der Waals surface area contributed by atoms with E-state index >= 15 is 0 Å². The van der Waals surface area contributed by atoms with Gasteiger partial charge in [-0.1, -0.05) is 42.5 Å². The number of allylic oxidation sites excluding steroid dienone is 3. The van der Waals surface area contributed by atoms with Gasteiger partial charge in [-0.05, 0) is 17.9 Å². The lowest BCUT2D eigenvalue weighted by Crippen LogP contribution is -1.81. The van der Waals surface area contributed by atoms with Crippen LogP contribution in [0.4, 0.5) is 0 Å². The van der Waals surface area contributed by atoms with E-state index in [1.807, 2.05) is 37.4 Å². The topological polar surface area (TPSA) is 12.9 Å². The maximum absolute atomic E-state index is 4.39. The summed E-state index contributed by atoms with van der Waals surface area (Å²) in [6.45, 7) is 1.95. The van der Waals surface area contributed by atoms with Gasteiger partial charge in [-0.15, -0.1) is 12.6 Å². The Hall–Kier alpha value is -1.54. The molecule has 0 bridgehead atoms. The molecule has 0 aliphatic heterocycles. The number of aromatic nitrogens is 1. The first-order chi connectivity index (χ1) is 7.77. The average Bonchev–Trinajstić information content (AvgIpc) is 2.29. The third-order valence-electron chi connectivity index (χ3n) is 2.28. The van der Waals surface area contributed by atoms with Crippen LogP contribution in [0.15, 0.2) is 53.6 Å². The first kappa shape index (κ1) is 11.0. The summed E-state index contributed by atoms with van der Waals surface area (Å²) in [6.07, 6.45) is 7.82. The first-order valence-electron chi connectivity index (χ1n) is 5.15. The van der Waals surface area contributed by atoms with E-state index in [1.165, 1.54) is 0 Å². The van der Waals surface area contributed by atoms with Crippen molar-refractivity contribution in [3.8, 4) is 0 Å². The molecule has 0 amide bonds. The number of hydrogen-bond acceptors (Lipinski definition) is 2. The Balaban J connectivity index is 2.45. The molecule has 1 aromatic heterocycles. The molecular formula is C14H13NS. The summed E-state index contributed by atoms with van der Waals surface area (Å²) >= 11 is 4.21. The zero-order valence-corrected chi connectivity index (χ0v) is 9.99. The summed E-state index contributed by atoms with van der Waals surface area (Å²) in [5.41, 5.74) is 2.16. The molecule has 2 rings (SSSR count). The molecule has 0 aliphatic carbocycles. The predicted molar refractivity (Wildman–Crippen MR) is 73.5 cm³/mol. The molecule has 0 aliphatic rings. The quantitative estimate of drug-likeness (QED) is 0.602. The predicted octanol–water partition coefficient (Wildman–Crippen LogP) is 4.08. The van der Waals surface area contributed by atoms with Crippen molar-refractivity contribution >= 4 is 29.6 Å². The van der Waals surface area contributed by atoms with Gasteiger partial charge >= 0.3 is 0 Å². The number of para-hydroxylation sites is 1. The number of hydrogen-bond donors (Lipinski definition) is 1. The van der Waals surface area contributed by atoms with Gasteiger partial charge in [0.2, 0.25) is 0 Å². The van der Waals surface area contributed by atoms with Crippen LogP contribution in [0.25, 0.3) is 17.0 Å². The van der Waals surface area contributed by atoms with Crippen molar-refractivity contribution in [3.05, 3.63) is 59.1 Å². The van der Waals surface area contributed by atoms with E-state index in [0.717, 1.165) is 21.4 Å². The van der Waals surface area contributed by atoms with Crippen LogP contribution in [-0.4, -0.2) is 4.98 Å². The Morgan fingerprint density at radius 1 is 1.25 bits per heavy atom. The Bertz CT molecular complexity index is 546. The van der Waals surface area contributed by atoms with Crippen molar-refractivity contribution in [2.45, 2.75) is 6.92 Å². The van der Waals surface area contributed by atoms with E-state index in [0.29, 0.717) is 0 Å². The van der Waals surface area contributed by atoms with Crippen molar-refractivity contribution in [3.63, 3.8) is 0 Å². The van der Waals surface area contributed by atoms with Gasteiger partial charge in [0.25, 0.3) is 0 Å². The number of benzene rings is 1. The highest BCUT2D eigenvalue weighted by Gasteiger charge is 1.96. The molecule has 0 N–H and O–H groups in total. The van der Waals surface area contributed by atoms with Crippen molar-refractivity contribution < 1.29 is 0 Å². The van der Waals surface area contributed by atoms with Gasteiger partial charge in [0.1, 0.15) is 0 Å². The lowest BCUT2D eigenvalue weighted by Gasteiger charge is -1.99. The SMILES string of the molecule is C/C(S)=C/C=C/c1cccc2cccnc12. The fourth-order valence-corrected chi connectivity index (χ4v) is 1.64. The zero-order chi connectivity index (χ0) is 11.4. The van der Waals surface area contributed by atoms with Crippen molar-refractivity contribution in [1.82, 2.24) is 4.98 Å². The molecule has 0 unspecified atom stereocenters. The Morgan fingerprint density at radius 2 is 2.06 bits per heavy atom. The Kier molecular flexibility index (Phi) is 3.42. The second-order valence-corrected chi connectivity index (χ2v) is 4.29. The molecule has 0 saturated heterocycles. The van der Waals surface area contributed by atoms with E-state index in [9.17, 15) is 0 Å². The molecule has 2 heteroatoms. The van der Waals surface area contributed by atoms with Crippen LogP contribution in [0.3, 0.4) is 0 Å². The summed E-state index contributed by atoms with van der Waals surface area (Å²) in [4.78, 5) is 5.38. The van der Waals surface area contributed by atoms with E-state index in [2.05, 4.69) is 41.9 Å². The summed E-state index contributed by atoms with van der Waals surface area (Å²) in [5.74, 6) is 0. The Morgan fingerprint density at radius 3 is 2.88 bits per heavy atom. The summed E-state index contributed by atoms with van der Waals surface area (Å²) in [7, 11) is 0. The highest BCUT2D eigenvalue weighted by atomic mass is 32.1. The summed E-state index contributed by atoms with van der Waals surface area (Å²) in [5, 5.41) is 1.16. The van der Waals surface area contributed by atoms with Crippen molar-refractivity contribution in [2.24, 2.45) is 0 Å². The monoisotopic (exact) mass is 227 g/mol. The molecule has 0 atom stereocenters. The van der Waals surface area contributed by atoms with E-state index in [1.54, 1.807) is 0 Å². The molecule has 0 fully saturated rings. The minimum Gasteiger partial charge on any atom is -0.256 e.